The summed E-state index contributed by atoms with van der Waals surface area (Å²) in [6.07, 6.45) is 0. The second kappa shape index (κ2) is 3.45. The second-order valence-electron chi connectivity index (χ2n) is 1.69. The van der Waals surface area contributed by atoms with Gasteiger partial charge < -0.3 is 10.4 Å². The van der Waals surface area contributed by atoms with Crippen LogP contribution in [0.2, 0.25) is 0 Å². The van der Waals surface area contributed by atoms with E-state index in [-0.39, 0.29) is 35.5 Å². The van der Waals surface area contributed by atoms with Gasteiger partial charge in [0, 0.05) is 13.1 Å². The van der Waals surface area contributed by atoms with Gasteiger partial charge >= 0.3 is 35.5 Å². The summed E-state index contributed by atoms with van der Waals surface area (Å²) in [6.45, 7) is 1.30. The Labute approximate surface area is 69.7 Å². The summed E-state index contributed by atoms with van der Waals surface area (Å²) in [5.74, 6) is -0.793. The van der Waals surface area contributed by atoms with E-state index in [0.29, 0.717) is 13.1 Å². The summed E-state index contributed by atoms with van der Waals surface area (Å²) in [4.78, 5) is 9.94. The number of carbonyl (C=O) groups is 1. The zero-order valence-corrected chi connectivity index (χ0v) is 3.85. The van der Waals surface area contributed by atoms with Gasteiger partial charge in [-0.15, -0.1) is 0 Å². The fourth-order valence-corrected chi connectivity index (χ4v) is 0.463. The van der Waals surface area contributed by atoms with Crippen LogP contribution in [0.1, 0.15) is 0 Å². The molecule has 0 aromatic heterocycles. The number of hydrogen-bond acceptors (Lipinski definition) is 2. The Bertz CT molecular complexity index is 92.0. The number of carboxylic acids is 1. The molecule has 0 unspecified atom stereocenters. The van der Waals surface area contributed by atoms with Crippen LogP contribution in [0.5, 0.6) is 0 Å². The first-order chi connectivity index (χ1) is 3.30. The molecule has 1 fully saturated rings. The van der Waals surface area contributed by atoms with Crippen molar-refractivity contribution in [2.45, 2.75) is 0 Å². The first-order valence-corrected chi connectivity index (χ1v) is 2.24. The standard InChI is InChI=1S/C4H7NO2.Na.H/c6-4(7)3-1-5-2-3;;/h3,5H,1-2H2,(H,6,7);;. The van der Waals surface area contributed by atoms with Gasteiger partial charge in [0.1, 0.15) is 0 Å². The number of aliphatic carboxylic acids is 1. The number of hydrogen-bond donors (Lipinski definition) is 2. The van der Waals surface area contributed by atoms with Crippen LogP contribution in [-0.4, -0.2) is 53.7 Å². The van der Waals surface area contributed by atoms with E-state index in [1.165, 1.54) is 0 Å². The van der Waals surface area contributed by atoms with E-state index in [1.54, 1.807) is 0 Å². The van der Waals surface area contributed by atoms with Gasteiger partial charge in [-0.2, -0.15) is 0 Å². The van der Waals surface area contributed by atoms with Crippen LogP contribution in [0.3, 0.4) is 0 Å². The van der Waals surface area contributed by atoms with Crippen LogP contribution >= 0.6 is 0 Å². The SMILES string of the molecule is O=C(O)C1CNC1.[NaH]. The van der Waals surface area contributed by atoms with Gasteiger partial charge in [-0.25, -0.2) is 0 Å². The zero-order chi connectivity index (χ0) is 5.28. The van der Waals surface area contributed by atoms with E-state index in [1.807, 2.05) is 0 Å². The normalized spacial score (nSPS) is 18.5. The van der Waals surface area contributed by atoms with E-state index in [2.05, 4.69) is 5.32 Å². The summed E-state index contributed by atoms with van der Waals surface area (Å²) in [7, 11) is 0. The molecule has 42 valence electrons. The number of nitrogens with one attached hydrogen (secondary N) is 1. The molecule has 1 saturated heterocycles. The van der Waals surface area contributed by atoms with Gasteiger partial charge in [0.2, 0.25) is 0 Å². The van der Waals surface area contributed by atoms with E-state index in [4.69, 9.17) is 5.11 Å². The van der Waals surface area contributed by atoms with Gasteiger partial charge in [0.05, 0.1) is 5.92 Å². The van der Waals surface area contributed by atoms with Gasteiger partial charge in [-0.3, -0.25) is 4.79 Å². The Morgan fingerprint density at radius 2 is 2.12 bits per heavy atom. The summed E-state index contributed by atoms with van der Waals surface area (Å²) in [5, 5.41) is 11.1. The second-order valence-corrected chi connectivity index (χ2v) is 1.69. The Morgan fingerprint density at radius 1 is 1.62 bits per heavy atom. The van der Waals surface area contributed by atoms with Crippen LogP contribution in [0.25, 0.3) is 0 Å². The number of rotatable bonds is 1. The molecule has 0 atom stereocenters. The molecule has 0 spiro atoms. The monoisotopic (exact) mass is 125 g/mol. The molecule has 0 aromatic rings. The van der Waals surface area contributed by atoms with Crippen LogP contribution in [0.15, 0.2) is 0 Å². The molecule has 4 heteroatoms. The topological polar surface area (TPSA) is 49.3 Å². The fourth-order valence-electron chi connectivity index (χ4n) is 0.463. The average Bonchev–Trinajstić information content (AvgIpc) is 1.23. The molecule has 0 saturated carbocycles. The molecule has 3 nitrogen and oxygen atoms in total. The van der Waals surface area contributed by atoms with Crippen LogP contribution in [-0.2, 0) is 4.79 Å². The summed E-state index contributed by atoms with van der Waals surface area (Å²) >= 11 is 0. The molecule has 0 bridgehead atoms. The summed E-state index contributed by atoms with van der Waals surface area (Å²) in [5.41, 5.74) is 0. The molecule has 0 aromatic carbocycles. The molecule has 0 radical (unpaired) electrons. The van der Waals surface area contributed by atoms with Crippen LogP contribution < -0.4 is 5.32 Å². The fraction of sp³-hybridized carbons (Fsp3) is 0.750. The minimum atomic E-state index is -0.682. The van der Waals surface area contributed by atoms with Crippen molar-refractivity contribution in [3.8, 4) is 0 Å². The third-order valence-electron chi connectivity index (χ3n) is 1.13. The van der Waals surface area contributed by atoms with Crippen molar-refractivity contribution in [2.75, 3.05) is 13.1 Å². The minimum absolute atomic E-state index is 0. The first-order valence-electron chi connectivity index (χ1n) is 2.24. The zero-order valence-electron chi connectivity index (χ0n) is 3.85. The van der Waals surface area contributed by atoms with Gasteiger partial charge in [0.25, 0.3) is 0 Å². The van der Waals surface area contributed by atoms with Gasteiger partial charge in [-0.1, -0.05) is 0 Å². The van der Waals surface area contributed by atoms with Crippen molar-refractivity contribution in [1.29, 1.82) is 0 Å². The molecule has 2 N–H and O–H groups in total. The Hall–Kier alpha value is 0.430. The van der Waals surface area contributed by atoms with Crippen molar-refractivity contribution in [2.24, 2.45) is 5.92 Å². The van der Waals surface area contributed by atoms with E-state index < -0.39 is 5.97 Å². The maximum absolute atomic E-state index is 9.94. The van der Waals surface area contributed by atoms with E-state index in [0.717, 1.165) is 0 Å². The van der Waals surface area contributed by atoms with Crippen LogP contribution in [0.4, 0.5) is 0 Å². The first kappa shape index (κ1) is 8.43. The molecular weight excluding hydrogens is 117 g/mol. The van der Waals surface area contributed by atoms with Gasteiger partial charge in [-0.05, 0) is 0 Å². The molecule has 0 aliphatic carbocycles. The third kappa shape index (κ3) is 1.74. The van der Waals surface area contributed by atoms with E-state index >= 15 is 0 Å². The van der Waals surface area contributed by atoms with Crippen molar-refractivity contribution in [1.82, 2.24) is 5.32 Å². The summed E-state index contributed by atoms with van der Waals surface area (Å²) < 4.78 is 0. The van der Waals surface area contributed by atoms with Crippen molar-refractivity contribution >= 4 is 35.5 Å². The third-order valence-corrected chi connectivity index (χ3v) is 1.13. The quantitative estimate of drug-likeness (QED) is 0.426. The van der Waals surface area contributed by atoms with Crippen molar-refractivity contribution in [3.63, 3.8) is 0 Å². The van der Waals surface area contributed by atoms with Crippen molar-refractivity contribution < 1.29 is 9.90 Å². The Balaban J connectivity index is 0.000000490. The maximum atomic E-state index is 9.94. The van der Waals surface area contributed by atoms with Crippen molar-refractivity contribution in [3.05, 3.63) is 0 Å². The molecule has 1 rings (SSSR count). The molecular formula is C4H8NNaO2. The summed E-state index contributed by atoms with van der Waals surface area (Å²) in [6, 6.07) is 0. The molecule has 1 aliphatic heterocycles. The predicted molar refractivity (Wildman–Crippen MR) is 31.1 cm³/mol. The molecule has 0 amide bonds. The van der Waals surface area contributed by atoms with E-state index in [9.17, 15) is 4.79 Å². The van der Waals surface area contributed by atoms with Crippen LogP contribution in [0, 0.1) is 5.92 Å². The number of carboxylic acid groups (broad SMARTS) is 1. The average molecular weight is 125 g/mol. The predicted octanol–water partition coefficient (Wildman–Crippen LogP) is -1.36. The Morgan fingerprint density at radius 3 is 2.12 bits per heavy atom. The molecule has 1 heterocycles. The molecule has 1 aliphatic rings. The Kier molecular flexibility index (Phi) is 3.64. The van der Waals surface area contributed by atoms with Gasteiger partial charge in [0.15, 0.2) is 0 Å². The molecule has 8 heavy (non-hydrogen) atoms.